The van der Waals surface area contributed by atoms with Crippen molar-refractivity contribution in [2.75, 3.05) is 19.8 Å². The van der Waals surface area contributed by atoms with Crippen LogP contribution in [0.3, 0.4) is 0 Å². The number of ether oxygens (including phenoxy) is 3. The topological polar surface area (TPSA) is 27.7 Å². The van der Waals surface area contributed by atoms with E-state index in [1.165, 1.54) is 13.1 Å². The maximum absolute atomic E-state index is 5.79. The summed E-state index contributed by atoms with van der Waals surface area (Å²) in [4.78, 5) is 0. The maximum atomic E-state index is 5.79. The molecule has 164 valence electrons. The van der Waals surface area contributed by atoms with Gasteiger partial charge in [-0.25, -0.2) is 0 Å². The summed E-state index contributed by atoms with van der Waals surface area (Å²) >= 11 is -1.71. The van der Waals surface area contributed by atoms with Crippen molar-refractivity contribution in [2.45, 2.75) is 40.0 Å². The van der Waals surface area contributed by atoms with Gasteiger partial charge in [0.05, 0.1) is 0 Å². The monoisotopic (exact) mass is 480 g/mol. The number of hydrogen-bond acceptors (Lipinski definition) is 3. The number of hydrogen-bond donors (Lipinski definition) is 0. The number of benzene rings is 3. The zero-order valence-electron chi connectivity index (χ0n) is 18.8. The van der Waals surface area contributed by atoms with Crippen molar-refractivity contribution in [1.29, 1.82) is 0 Å². The molecule has 0 bridgehead atoms. The van der Waals surface area contributed by atoms with Crippen LogP contribution in [-0.2, 0) is 0 Å². The summed E-state index contributed by atoms with van der Waals surface area (Å²) in [6.45, 7) is 8.62. The van der Waals surface area contributed by atoms with Crippen molar-refractivity contribution in [1.82, 2.24) is 0 Å². The first-order valence-electron chi connectivity index (χ1n) is 11.2. The average molecular weight is 480 g/mol. The van der Waals surface area contributed by atoms with Crippen LogP contribution in [0, 0.1) is 0 Å². The Labute approximate surface area is 191 Å². The molecule has 0 saturated carbocycles. The Hall–Kier alpha value is -2.38. The van der Waals surface area contributed by atoms with Crippen LogP contribution in [0.1, 0.15) is 40.0 Å². The quantitative estimate of drug-likeness (QED) is 0.356. The summed E-state index contributed by atoms with van der Waals surface area (Å²) in [6.07, 6.45) is 3.04. The Morgan fingerprint density at radius 2 is 0.710 bits per heavy atom. The minimum atomic E-state index is -1.71. The van der Waals surface area contributed by atoms with E-state index in [0.29, 0.717) is 0 Å². The van der Waals surface area contributed by atoms with Crippen molar-refractivity contribution in [3.63, 3.8) is 0 Å². The van der Waals surface area contributed by atoms with E-state index in [0.717, 1.165) is 56.3 Å². The summed E-state index contributed by atoms with van der Waals surface area (Å²) in [7, 11) is 0. The van der Waals surface area contributed by atoms with Gasteiger partial charge in [0.15, 0.2) is 0 Å². The molecule has 0 aromatic heterocycles. The van der Waals surface area contributed by atoms with Crippen molar-refractivity contribution in [3.8, 4) is 17.2 Å². The first kappa shape index (κ1) is 23.3. The second-order valence-corrected chi connectivity index (χ2v) is 12.0. The molecule has 3 aromatic rings. The third-order valence-electron chi connectivity index (χ3n) is 4.70. The van der Waals surface area contributed by atoms with Gasteiger partial charge < -0.3 is 0 Å². The molecule has 3 rings (SSSR count). The second kappa shape index (κ2) is 12.5. The molecule has 0 fully saturated rings. The van der Waals surface area contributed by atoms with Gasteiger partial charge >= 0.3 is 192 Å². The summed E-state index contributed by atoms with van der Waals surface area (Å²) < 4.78 is 21.5. The van der Waals surface area contributed by atoms with Crippen molar-refractivity contribution in [2.24, 2.45) is 0 Å². The van der Waals surface area contributed by atoms with Crippen LogP contribution in [0.15, 0.2) is 72.8 Å². The average Bonchev–Trinajstić information content (AvgIpc) is 2.82. The van der Waals surface area contributed by atoms with E-state index in [2.05, 4.69) is 93.6 Å². The first-order valence-corrected chi connectivity index (χ1v) is 14.0. The summed E-state index contributed by atoms with van der Waals surface area (Å²) in [5, 5.41) is 0. The predicted octanol–water partition coefficient (Wildman–Crippen LogP) is 4.57. The SMILES string of the molecule is CCCOc1ccc([As](c2ccc(OCCC)cc2)c2ccc(OCCC)cc2)cc1. The van der Waals surface area contributed by atoms with Crippen LogP contribution in [0.4, 0.5) is 0 Å². The van der Waals surface area contributed by atoms with E-state index in [9.17, 15) is 0 Å². The third-order valence-corrected chi connectivity index (χ3v) is 9.83. The van der Waals surface area contributed by atoms with Gasteiger partial charge in [-0.2, -0.15) is 0 Å². The Morgan fingerprint density at radius 1 is 0.452 bits per heavy atom. The first-order chi connectivity index (χ1) is 15.2. The van der Waals surface area contributed by atoms with Gasteiger partial charge in [-0.05, 0) is 0 Å². The second-order valence-electron chi connectivity index (χ2n) is 7.36. The van der Waals surface area contributed by atoms with Crippen LogP contribution < -0.4 is 27.3 Å². The molecule has 0 amide bonds. The molecule has 3 nitrogen and oxygen atoms in total. The Kier molecular flexibility index (Phi) is 9.36. The molecule has 0 aliphatic heterocycles. The standard InChI is InChI=1S/C27H33AsO3/c1-4-19-29-25-13-7-22(8-14-25)28(23-9-15-26(16-10-23)30-20-5-2)24-11-17-27(18-12-24)31-21-6-3/h7-18H,4-6,19-21H2,1-3H3. The van der Waals surface area contributed by atoms with Crippen LogP contribution in [-0.4, -0.2) is 34.5 Å². The van der Waals surface area contributed by atoms with Crippen LogP contribution >= 0.6 is 0 Å². The van der Waals surface area contributed by atoms with E-state index >= 15 is 0 Å². The van der Waals surface area contributed by atoms with E-state index in [-0.39, 0.29) is 0 Å². The van der Waals surface area contributed by atoms with Gasteiger partial charge in [-0.1, -0.05) is 0 Å². The molecule has 3 aromatic carbocycles. The molecule has 0 N–H and O–H groups in total. The summed E-state index contributed by atoms with van der Waals surface area (Å²) in [5.74, 6) is 2.81. The zero-order chi connectivity index (χ0) is 21.9. The normalized spacial score (nSPS) is 10.8. The fourth-order valence-corrected chi connectivity index (χ4v) is 7.87. The van der Waals surface area contributed by atoms with Gasteiger partial charge in [0.25, 0.3) is 0 Å². The minimum absolute atomic E-state index is 0.749. The number of rotatable bonds is 12. The fraction of sp³-hybridized carbons (Fsp3) is 0.333. The molecule has 0 radical (unpaired) electrons. The summed E-state index contributed by atoms with van der Waals surface area (Å²) in [5.41, 5.74) is 0. The molecular weight excluding hydrogens is 447 g/mol. The van der Waals surface area contributed by atoms with E-state index in [1.54, 1.807) is 0 Å². The van der Waals surface area contributed by atoms with E-state index in [1.807, 2.05) is 0 Å². The van der Waals surface area contributed by atoms with E-state index in [4.69, 9.17) is 14.2 Å². The molecule has 4 heteroatoms. The summed E-state index contributed by atoms with van der Waals surface area (Å²) in [6, 6.07) is 26.0. The Morgan fingerprint density at radius 3 is 0.935 bits per heavy atom. The molecular formula is C27H33AsO3. The third kappa shape index (κ3) is 6.80. The van der Waals surface area contributed by atoms with Gasteiger partial charge in [0, 0.05) is 0 Å². The molecule has 0 spiro atoms. The van der Waals surface area contributed by atoms with Gasteiger partial charge in [0.2, 0.25) is 0 Å². The van der Waals surface area contributed by atoms with Gasteiger partial charge in [-0.3, -0.25) is 0 Å². The fourth-order valence-electron chi connectivity index (χ4n) is 3.18. The Balaban J connectivity index is 1.90. The predicted molar refractivity (Wildman–Crippen MR) is 131 cm³/mol. The van der Waals surface area contributed by atoms with Crippen molar-refractivity contribution >= 4 is 27.7 Å². The van der Waals surface area contributed by atoms with Crippen LogP contribution in [0.5, 0.6) is 17.2 Å². The van der Waals surface area contributed by atoms with Crippen LogP contribution in [0.2, 0.25) is 0 Å². The molecule has 0 saturated heterocycles. The molecule has 0 aliphatic carbocycles. The van der Waals surface area contributed by atoms with E-state index < -0.39 is 14.7 Å². The molecule has 0 heterocycles. The molecule has 0 aliphatic rings. The van der Waals surface area contributed by atoms with Crippen molar-refractivity contribution < 1.29 is 14.2 Å². The molecule has 31 heavy (non-hydrogen) atoms. The molecule has 0 atom stereocenters. The van der Waals surface area contributed by atoms with Crippen LogP contribution in [0.25, 0.3) is 0 Å². The van der Waals surface area contributed by atoms with Gasteiger partial charge in [-0.15, -0.1) is 0 Å². The zero-order valence-corrected chi connectivity index (χ0v) is 20.7. The molecule has 0 unspecified atom stereocenters. The van der Waals surface area contributed by atoms with Gasteiger partial charge in [0.1, 0.15) is 0 Å². The Bertz CT molecular complexity index is 767. The van der Waals surface area contributed by atoms with Crippen molar-refractivity contribution in [3.05, 3.63) is 72.8 Å².